The van der Waals surface area contributed by atoms with Gasteiger partial charge in [-0.05, 0) is 65.6 Å². The largest absolute Gasteiger partial charge is 0.494 e. The topological polar surface area (TPSA) is 9.23 Å². The second-order valence-electron chi connectivity index (χ2n) is 7.68. The van der Waals surface area contributed by atoms with Crippen LogP contribution in [0.3, 0.4) is 0 Å². The van der Waals surface area contributed by atoms with Crippen molar-refractivity contribution in [1.29, 1.82) is 0 Å². The van der Waals surface area contributed by atoms with E-state index in [9.17, 15) is 0 Å². The van der Waals surface area contributed by atoms with Gasteiger partial charge in [-0.2, -0.15) is 0 Å². The van der Waals surface area contributed by atoms with Crippen molar-refractivity contribution in [3.63, 3.8) is 0 Å². The third-order valence-electron chi connectivity index (χ3n) is 5.17. The molecule has 0 N–H and O–H groups in total. The summed E-state index contributed by atoms with van der Waals surface area (Å²) in [6, 6.07) is 21.3. The van der Waals surface area contributed by atoms with E-state index in [1.807, 2.05) is 0 Å². The van der Waals surface area contributed by atoms with Crippen molar-refractivity contribution in [3.8, 4) is 17.6 Å². The fraction of sp³-hybridized carbons (Fsp3) is 0.357. The molecule has 29 heavy (non-hydrogen) atoms. The average Bonchev–Trinajstić information content (AvgIpc) is 2.76. The van der Waals surface area contributed by atoms with Gasteiger partial charge in [-0.15, -0.1) is 0 Å². The van der Waals surface area contributed by atoms with E-state index in [1.165, 1.54) is 48.4 Å². The zero-order chi connectivity index (χ0) is 20.3. The van der Waals surface area contributed by atoms with Crippen LogP contribution in [0.15, 0.2) is 60.7 Å². The molecule has 0 aromatic heterocycles. The fourth-order valence-corrected chi connectivity index (χ4v) is 3.47. The third kappa shape index (κ3) is 6.68. The van der Waals surface area contributed by atoms with Gasteiger partial charge >= 0.3 is 0 Å². The minimum atomic E-state index is 0.801. The van der Waals surface area contributed by atoms with Crippen LogP contribution in [0.25, 0.3) is 10.8 Å². The Balaban J connectivity index is 1.60. The zero-order valence-corrected chi connectivity index (χ0v) is 17.8. The molecular formula is C28H32O. The van der Waals surface area contributed by atoms with Crippen molar-refractivity contribution in [2.75, 3.05) is 6.61 Å². The molecule has 0 unspecified atom stereocenters. The normalized spacial score (nSPS) is 10.6. The van der Waals surface area contributed by atoms with Gasteiger partial charge in [0.2, 0.25) is 0 Å². The molecule has 3 aromatic carbocycles. The van der Waals surface area contributed by atoms with Gasteiger partial charge in [-0.3, -0.25) is 0 Å². The van der Waals surface area contributed by atoms with Crippen molar-refractivity contribution in [3.05, 3.63) is 77.4 Å². The van der Waals surface area contributed by atoms with Gasteiger partial charge in [-0.25, -0.2) is 0 Å². The van der Waals surface area contributed by atoms with Crippen LogP contribution in [-0.4, -0.2) is 6.61 Å². The highest BCUT2D eigenvalue weighted by molar-refractivity contribution is 5.85. The predicted octanol–water partition coefficient (Wildman–Crippen LogP) is 7.54. The maximum atomic E-state index is 5.93. The highest BCUT2D eigenvalue weighted by Gasteiger charge is 1.99. The van der Waals surface area contributed by atoms with E-state index < -0.39 is 0 Å². The van der Waals surface area contributed by atoms with Crippen LogP contribution < -0.4 is 4.74 Å². The van der Waals surface area contributed by atoms with Crippen LogP contribution in [0.1, 0.15) is 69.1 Å². The molecule has 0 heterocycles. The van der Waals surface area contributed by atoms with Gasteiger partial charge in [0, 0.05) is 11.1 Å². The second-order valence-corrected chi connectivity index (χ2v) is 7.68. The number of ether oxygens (including phenoxy) is 1. The summed E-state index contributed by atoms with van der Waals surface area (Å²) < 4.78 is 5.93. The van der Waals surface area contributed by atoms with Gasteiger partial charge < -0.3 is 4.74 Å². The lowest BCUT2D eigenvalue weighted by Crippen LogP contribution is -1.97. The number of fused-ring (bicyclic) bond motifs is 1. The lowest BCUT2D eigenvalue weighted by atomic mass is 10.1. The van der Waals surface area contributed by atoms with Crippen molar-refractivity contribution in [1.82, 2.24) is 0 Å². The van der Waals surface area contributed by atoms with Crippen molar-refractivity contribution < 1.29 is 4.74 Å². The summed E-state index contributed by atoms with van der Waals surface area (Å²) in [7, 11) is 0. The van der Waals surface area contributed by atoms with Crippen LogP contribution >= 0.6 is 0 Å². The van der Waals surface area contributed by atoms with E-state index in [1.54, 1.807) is 0 Å². The Kier molecular flexibility index (Phi) is 8.20. The van der Waals surface area contributed by atoms with E-state index in [0.717, 1.165) is 36.3 Å². The Morgan fingerprint density at radius 2 is 1.34 bits per heavy atom. The molecule has 0 amide bonds. The Bertz CT molecular complexity index is 957. The molecule has 0 atom stereocenters. The van der Waals surface area contributed by atoms with E-state index in [-0.39, 0.29) is 0 Å². The van der Waals surface area contributed by atoms with Gasteiger partial charge in [0.25, 0.3) is 0 Å². The van der Waals surface area contributed by atoms with E-state index in [4.69, 9.17) is 4.74 Å². The third-order valence-corrected chi connectivity index (χ3v) is 5.17. The monoisotopic (exact) mass is 384 g/mol. The molecule has 0 aliphatic carbocycles. The molecule has 0 aliphatic rings. The van der Waals surface area contributed by atoms with Crippen LogP contribution in [0, 0.1) is 11.8 Å². The van der Waals surface area contributed by atoms with Gasteiger partial charge in [0.1, 0.15) is 5.75 Å². The fourth-order valence-electron chi connectivity index (χ4n) is 3.47. The quantitative estimate of drug-likeness (QED) is 0.273. The smallest absolute Gasteiger partial charge is 0.119 e. The Hall–Kier alpha value is -2.72. The summed E-state index contributed by atoms with van der Waals surface area (Å²) >= 11 is 0. The molecule has 0 spiro atoms. The predicted molar refractivity (Wildman–Crippen MR) is 125 cm³/mol. The maximum Gasteiger partial charge on any atom is 0.119 e. The molecule has 1 heteroatoms. The molecule has 3 aromatic rings. The van der Waals surface area contributed by atoms with Crippen LogP contribution in [0.5, 0.6) is 5.75 Å². The summed E-state index contributed by atoms with van der Waals surface area (Å²) in [6.45, 7) is 5.25. The first-order chi connectivity index (χ1) is 14.3. The summed E-state index contributed by atoms with van der Waals surface area (Å²) in [5.41, 5.74) is 3.48. The van der Waals surface area contributed by atoms with Crippen LogP contribution in [0.4, 0.5) is 0 Å². The lowest BCUT2D eigenvalue weighted by molar-refractivity contribution is 0.305. The molecule has 150 valence electrons. The standard InChI is InChI=1S/C28H32O/c1-3-5-6-7-8-20-29-28-19-18-26-21-25(16-17-27(26)22-28)15-14-24-12-10-23(9-4-2)11-13-24/h10-13,16-19,21-22H,3-9,20H2,1-2H3. The molecule has 0 bridgehead atoms. The average molecular weight is 385 g/mol. The Morgan fingerprint density at radius 3 is 2.14 bits per heavy atom. The minimum Gasteiger partial charge on any atom is -0.494 e. The van der Waals surface area contributed by atoms with Crippen molar-refractivity contribution >= 4 is 10.8 Å². The first-order valence-electron chi connectivity index (χ1n) is 11.1. The SMILES string of the molecule is CCCCCCCOc1ccc2cc(C#Cc3ccc(CCC)cc3)ccc2c1. The number of hydrogen-bond acceptors (Lipinski definition) is 1. The van der Waals surface area contributed by atoms with Crippen molar-refractivity contribution in [2.45, 2.75) is 58.8 Å². The van der Waals surface area contributed by atoms with Crippen molar-refractivity contribution in [2.24, 2.45) is 0 Å². The maximum absolute atomic E-state index is 5.93. The summed E-state index contributed by atoms with van der Waals surface area (Å²) in [4.78, 5) is 0. The van der Waals surface area contributed by atoms with Crippen LogP contribution in [0.2, 0.25) is 0 Å². The number of aryl methyl sites for hydroxylation is 1. The van der Waals surface area contributed by atoms with Crippen LogP contribution in [-0.2, 0) is 6.42 Å². The summed E-state index contributed by atoms with van der Waals surface area (Å²) in [5.74, 6) is 7.53. The summed E-state index contributed by atoms with van der Waals surface area (Å²) in [6.07, 6.45) is 8.60. The first kappa shape index (κ1) is 21.0. The van der Waals surface area contributed by atoms with Gasteiger partial charge in [0.15, 0.2) is 0 Å². The highest BCUT2D eigenvalue weighted by Crippen LogP contribution is 2.22. The molecule has 0 saturated heterocycles. The number of benzene rings is 3. The molecule has 3 rings (SSSR count). The van der Waals surface area contributed by atoms with Gasteiger partial charge in [-0.1, -0.05) is 82.1 Å². The molecule has 1 nitrogen and oxygen atoms in total. The molecule has 0 saturated carbocycles. The molecule has 0 aliphatic heterocycles. The lowest BCUT2D eigenvalue weighted by Gasteiger charge is -2.07. The van der Waals surface area contributed by atoms with E-state index >= 15 is 0 Å². The molecule has 0 fully saturated rings. The number of rotatable bonds is 9. The van der Waals surface area contributed by atoms with E-state index in [0.29, 0.717) is 0 Å². The van der Waals surface area contributed by atoms with E-state index in [2.05, 4.69) is 86.4 Å². The first-order valence-corrected chi connectivity index (χ1v) is 11.1. The zero-order valence-electron chi connectivity index (χ0n) is 17.8. The number of hydrogen-bond donors (Lipinski definition) is 0. The minimum absolute atomic E-state index is 0.801. The Labute approximate surface area is 176 Å². The molecular weight excluding hydrogens is 352 g/mol. The molecule has 0 radical (unpaired) electrons. The number of unbranched alkanes of at least 4 members (excludes halogenated alkanes) is 4. The Morgan fingerprint density at radius 1 is 0.655 bits per heavy atom. The second kappa shape index (κ2) is 11.3. The van der Waals surface area contributed by atoms with Gasteiger partial charge in [0.05, 0.1) is 6.61 Å². The summed E-state index contributed by atoms with van der Waals surface area (Å²) in [5, 5.41) is 2.40. The highest BCUT2D eigenvalue weighted by atomic mass is 16.5.